The lowest BCUT2D eigenvalue weighted by Gasteiger charge is -2.32. The van der Waals surface area contributed by atoms with E-state index in [1.165, 1.54) is 18.5 Å². The fourth-order valence-corrected chi connectivity index (χ4v) is 3.74. The van der Waals surface area contributed by atoms with E-state index < -0.39 is 17.7 Å². The quantitative estimate of drug-likeness (QED) is 0.735. The number of piperidine rings is 1. The largest absolute Gasteiger partial charge is 0.481 e. The Morgan fingerprint density at radius 2 is 2.00 bits per heavy atom. The highest BCUT2D eigenvalue weighted by atomic mass is 19.1. The van der Waals surface area contributed by atoms with Crippen LogP contribution in [0.5, 0.6) is 0 Å². The van der Waals surface area contributed by atoms with Gasteiger partial charge in [0.2, 0.25) is 0 Å². The summed E-state index contributed by atoms with van der Waals surface area (Å²) >= 11 is 0. The molecule has 0 spiro atoms. The fourth-order valence-electron chi connectivity index (χ4n) is 3.74. The van der Waals surface area contributed by atoms with Crippen molar-refractivity contribution in [3.05, 3.63) is 53.9 Å². The number of fused-ring (bicyclic) bond motifs is 1. The van der Waals surface area contributed by atoms with Crippen molar-refractivity contribution in [3.63, 3.8) is 0 Å². The van der Waals surface area contributed by atoms with Crippen LogP contribution in [0.25, 0.3) is 22.0 Å². The number of anilines is 1. The van der Waals surface area contributed by atoms with Crippen LogP contribution in [0.15, 0.2) is 36.7 Å². The molecule has 0 radical (unpaired) electrons. The van der Waals surface area contributed by atoms with Crippen molar-refractivity contribution in [3.8, 4) is 11.1 Å². The number of benzene rings is 2. The number of nitrogens with zero attached hydrogens (tertiary/aromatic N) is 3. The molecule has 7 heteroatoms. The van der Waals surface area contributed by atoms with E-state index in [1.54, 1.807) is 25.1 Å². The van der Waals surface area contributed by atoms with Crippen LogP contribution in [-0.2, 0) is 4.79 Å². The molecule has 3 aromatic rings. The summed E-state index contributed by atoms with van der Waals surface area (Å²) in [4.78, 5) is 21.8. The van der Waals surface area contributed by atoms with Gasteiger partial charge in [-0.2, -0.15) is 0 Å². The highest BCUT2D eigenvalue weighted by Crippen LogP contribution is 2.36. The van der Waals surface area contributed by atoms with Crippen molar-refractivity contribution in [1.82, 2.24) is 9.97 Å². The molecule has 1 saturated heterocycles. The molecule has 5 nitrogen and oxygen atoms in total. The summed E-state index contributed by atoms with van der Waals surface area (Å²) in [7, 11) is 0. The molecule has 2 heterocycles. The Balaban J connectivity index is 1.91. The second-order valence-corrected chi connectivity index (χ2v) is 7.10. The summed E-state index contributed by atoms with van der Waals surface area (Å²) < 4.78 is 28.7. The first kappa shape index (κ1) is 18.3. The number of aromatic nitrogens is 2. The maximum absolute atomic E-state index is 14.5. The Morgan fingerprint density at radius 3 is 2.75 bits per heavy atom. The summed E-state index contributed by atoms with van der Waals surface area (Å²) in [6.07, 6.45) is 2.58. The zero-order valence-corrected chi connectivity index (χ0v) is 15.3. The smallest absolute Gasteiger partial charge is 0.308 e. The number of carboxylic acid groups (broad SMARTS) is 1. The number of rotatable bonds is 3. The van der Waals surface area contributed by atoms with E-state index in [2.05, 4.69) is 9.97 Å². The van der Waals surface area contributed by atoms with Crippen LogP contribution in [0.3, 0.4) is 0 Å². The van der Waals surface area contributed by atoms with Gasteiger partial charge in [0.1, 0.15) is 29.3 Å². The molecule has 1 atom stereocenters. The van der Waals surface area contributed by atoms with E-state index in [1.807, 2.05) is 4.90 Å². The van der Waals surface area contributed by atoms with Gasteiger partial charge in [-0.15, -0.1) is 0 Å². The Hall–Kier alpha value is -3.09. The first-order valence-corrected chi connectivity index (χ1v) is 9.13. The van der Waals surface area contributed by atoms with Crippen molar-refractivity contribution in [2.45, 2.75) is 19.8 Å². The summed E-state index contributed by atoms with van der Waals surface area (Å²) in [5.74, 6) is -1.73. The molecule has 0 aliphatic carbocycles. The molecule has 0 saturated carbocycles. The molecule has 1 fully saturated rings. The van der Waals surface area contributed by atoms with Crippen molar-refractivity contribution < 1.29 is 18.7 Å². The van der Waals surface area contributed by atoms with Gasteiger partial charge in [0.15, 0.2) is 0 Å². The lowest BCUT2D eigenvalue weighted by molar-refractivity contribution is -0.141. The average molecular weight is 383 g/mol. The van der Waals surface area contributed by atoms with Crippen LogP contribution >= 0.6 is 0 Å². The predicted molar refractivity (Wildman–Crippen MR) is 102 cm³/mol. The average Bonchev–Trinajstić information content (AvgIpc) is 2.70. The molecule has 2 aromatic carbocycles. The third kappa shape index (κ3) is 3.17. The van der Waals surface area contributed by atoms with Crippen LogP contribution < -0.4 is 4.90 Å². The minimum atomic E-state index is -0.852. The predicted octanol–water partition coefficient (Wildman–Crippen LogP) is 4.18. The molecule has 1 N–H and O–H groups in total. The monoisotopic (exact) mass is 383 g/mol. The molecule has 4 rings (SSSR count). The number of carboxylic acids is 1. The van der Waals surface area contributed by atoms with Crippen LogP contribution in [-0.4, -0.2) is 34.1 Å². The van der Waals surface area contributed by atoms with Gasteiger partial charge in [-0.3, -0.25) is 4.79 Å². The van der Waals surface area contributed by atoms with Crippen LogP contribution in [0, 0.1) is 24.5 Å². The van der Waals surface area contributed by atoms with Gasteiger partial charge < -0.3 is 10.0 Å². The zero-order valence-electron chi connectivity index (χ0n) is 15.3. The molecular weight excluding hydrogens is 364 g/mol. The number of aliphatic carboxylic acids is 1. The molecular formula is C21H19F2N3O2. The highest BCUT2D eigenvalue weighted by Gasteiger charge is 2.28. The number of aryl methyl sites for hydroxylation is 1. The van der Waals surface area contributed by atoms with E-state index >= 15 is 0 Å². The molecule has 1 aromatic heterocycles. The molecule has 28 heavy (non-hydrogen) atoms. The highest BCUT2D eigenvalue weighted by molar-refractivity contribution is 6.02. The second kappa shape index (κ2) is 7.14. The first-order valence-electron chi connectivity index (χ1n) is 9.13. The number of hydrogen-bond donors (Lipinski definition) is 1. The topological polar surface area (TPSA) is 66.3 Å². The lowest BCUT2D eigenvalue weighted by Crippen LogP contribution is -2.39. The van der Waals surface area contributed by atoms with Gasteiger partial charge in [-0.25, -0.2) is 18.7 Å². The van der Waals surface area contributed by atoms with E-state index in [9.17, 15) is 18.7 Å². The normalized spacial score (nSPS) is 17.1. The lowest BCUT2D eigenvalue weighted by atomic mass is 9.96. The minimum Gasteiger partial charge on any atom is -0.481 e. The van der Waals surface area contributed by atoms with Crippen molar-refractivity contribution >= 4 is 22.7 Å². The first-order chi connectivity index (χ1) is 13.5. The Bertz CT molecular complexity index is 1070. The van der Waals surface area contributed by atoms with Gasteiger partial charge >= 0.3 is 5.97 Å². The van der Waals surface area contributed by atoms with Crippen LogP contribution in [0.1, 0.15) is 18.4 Å². The van der Waals surface area contributed by atoms with Gasteiger partial charge in [-0.05, 0) is 48.6 Å². The molecule has 1 aliphatic rings. The van der Waals surface area contributed by atoms with Crippen molar-refractivity contribution in [1.29, 1.82) is 0 Å². The van der Waals surface area contributed by atoms with Gasteiger partial charge in [0.05, 0.1) is 11.3 Å². The van der Waals surface area contributed by atoms with Crippen molar-refractivity contribution in [2.75, 3.05) is 18.0 Å². The maximum atomic E-state index is 14.5. The molecule has 1 unspecified atom stereocenters. The molecule has 0 amide bonds. The minimum absolute atomic E-state index is 0.140. The SMILES string of the molecule is Cc1ccc(-c2ccc(F)c3ncnc(N4CCCC(C(=O)O)C4)c23)cc1F. The molecule has 1 aliphatic heterocycles. The Morgan fingerprint density at radius 1 is 1.18 bits per heavy atom. The van der Waals surface area contributed by atoms with E-state index in [0.29, 0.717) is 53.8 Å². The van der Waals surface area contributed by atoms with Gasteiger partial charge in [0.25, 0.3) is 0 Å². The zero-order chi connectivity index (χ0) is 19.8. The third-order valence-electron chi connectivity index (χ3n) is 5.27. The fraction of sp³-hybridized carbons (Fsp3) is 0.286. The second-order valence-electron chi connectivity index (χ2n) is 7.10. The molecule has 0 bridgehead atoms. The van der Waals surface area contributed by atoms with Crippen molar-refractivity contribution in [2.24, 2.45) is 5.92 Å². The van der Waals surface area contributed by atoms with E-state index in [0.717, 1.165) is 0 Å². The number of hydrogen-bond acceptors (Lipinski definition) is 4. The summed E-state index contributed by atoms with van der Waals surface area (Å²) in [5, 5.41) is 9.86. The summed E-state index contributed by atoms with van der Waals surface area (Å²) in [6, 6.07) is 7.76. The Kier molecular flexibility index (Phi) is 4.66. The van der Waals surface area contributed by atoms with E-state index in [-0.39, 0.29) is 11.3 Å². The van der Waals surface area contributed by atoms with E-state index in [4.69, 9.17) is 0 Å². The standard InChI is InChI=1S/C21H19F2N3O2/c1-12-4-5-13(9-17(12)23)15-6-7-16(22)19-18(15)20(25-11-24-19)26-8-2-3-14(10-26)21(27)28/h4-7,9,11,14H,2-3,8,10H2,1H3,(H,27,28). The van der Waals surface area contributed by atoms with Gasteiger partial charge in [-0.1, -0.05) is 18.2 Å². The van der Waals surface area contributed by atoms with Gasteiger partial charge in [0, 0.05) is 13.1 Å². The summed E-state index contributed by atoms with van der Waals surface area (Å²) in [5.41, 5.74) is 1.87. The Labute approximate surface area is 160 Å². The number of carbonyl (C=O) groups is 1. The van der Waals surface area contributed by atoms with Crippen LogP contribution in [0.2, 0.25) is 0 Å². The third-order valence-corrected chi connectivity index (χ3v) is 5.27. The molecule has 144 valence electrons. The number of halogens is 2. The van der Waals surface area contributed by atoms with Crippen LogP contribution in [0.4, 0.5) is 14.6 Å². The maximum Gasteiger partial charge on any atom is 0.308 e. The summed E-state index contributed by atoms with van der Waals surface area (Å²) in [6.45, 7) is 2.59.